The fourth-order valence-electron chi connectivity index (χ4n) is 2.86. The van der Waals surface area contributed by atoms with E-state index in [2.05, 4.69) is 21.0 Å². The van der Waals surface area contributed by atoms with Gasteiger partial charge in [0.25, 0.3) is 11.5 Å². The summed E-state index contributed by atoms with van der Waals surface area (Å²) in [5.74, 6) is -0.315. The molecule has 1 saturated heterocycles. The molecule has 1 aromatic carbocycles. The lowest BCUT2D eigenvalue weighted by molar-refractivity contribution is -0.137. The molecule has 1 aromatic heterocycles. The summed E-state index contributed by atoms with van der Waals surface area (Å²) >= 11 is 3.28. The lowest BCUT2D eigenvalue weighted by atomic mass is 10.1. The number of alkyl halides is 3. The SMILES string of the molecule is Cn1ncc(N2CCN(C(=O)c3ccc(C(F)(F)F)cc3)CC2)c(Br)c1=O. The Morgan fingerprint density at radius 2 is 1.70 bits per heavy atom. The van der Waals surface area contributed by atoms with Crippen molar-refractivity contribution in [2.45, 2.75) is 6.18 Å². The zero-order valence-corrected chi connectivity index (χ0v) is 15.9. The first-order valence-corrected chi connectivity index (χ1v) is 8.91. The van der Waals surface area contributed by atoms with Crippen molar-refractivity contribution >= 4 is 27.5 Å². The van der Waals surface area contributed by atoms with E-state index in [4.69, 9.17) is 0 Å². The highest BCUT2D eigenvalue weighted by molar-refractivity contribution is 9.10. The molecule has 3 rings (SSSR count). The summed E-state index contributed by atoms with van der Waals surface area (Å²) in [6.07, 6.45) is -2.85. The first-order valence-electron chi connectivity index (χ1n) is 8.12. The minimum atomic E-state index is -4.43. The molecule has 0 bridgehead atoms. The van der Waals surface area contributed by atoms with Gasteiger partial charge in [0, 0.05) is 38.8 Å². The molecule has 0 N–H and O–H groups in total. The van der Waals surface area contributed by atoms with Crippen molar-refractivity contribution in [1.29, 1.82) is 0 Å². The summed E-state index contributed by atoms with van der Waals surface area (Å²) in [6.45, 7) is 1.75. The van der Waals surface area contributed by atoms with Crippen LogP contribution in [0.3, 0.4) is 0 Å². The highest BCUT2D eigenvalue weighted by atomic mass is 79.9. The van der Waals surface area contributed by atoms with Gasteiger partial charge in [-0.1, -0.05) is 0 Å². The maximum atomic E-state index is 12.6. The topological polar surface area (TPSA) is 58.4 Å². The summed E-state index contributed by atoms with van der Waals surface area (Å²) in [7, 11) is 1.55. The molecule has 0 unspecified atom stereocenters. The smallest absolute Gasteiger partial charge is 0.366 e. The molecule has 0 atom stereocenters. The zero-order valence-electron chi connectivity index (χ0n) is 14.3. The summed E-state index contributed by atoms with van der Waals surface area (Å²) < 4.78 is 39.5. The van der Waals surface area contributed by atoms with Gasteiger partial charge in [-0.25, -0.2) is 4.68 Å². The van der Waals surface area contributed by atoms with Crippen LogP contribution in [0.5, 0.6) is 0 Å². The summed E-state index contributed by atoms with van der Waals surface area (Å²) in [6, 6.07) is 4.20. The van der Waals surface area contributed by atoms with Crippen LogP contribution in [0.15, 0.2) is 39.7 Å². The van der Waals surface area contributed by atoms with E-state index in [-0.39, 0.29) is 17.0 Å². The normalized spacial score (nSPS) is 15.1. The minimum Gasteiger partial charge on any atom is -0.366 e. The van der Waals surface area contributed by atoms with E-state index in [1.165, 1.54) is 16.8 Å². The highest BCUT2D eigenvalue weighted by Crippen LogP contribution is 2.29. The van der Waals surface area contributed by atoms with Crippen LogP contribution in [0.2, 0.25) is 0 Å². The highest BCUT2D eigenvalue weighted by Gasteiger charge is 2.31. The second kappa shape index (κ2) is 7.34. The standard InChI is InChI=1S/C17H16BrF3N4O2/c1-23-16(27)14(18)13(10-22-23)24-6-8-25(9-7-24)15(26)11-2-4-12(5-3-11)17(19,20)21/h2-5,10H,6-9H2,1H3. The van der Waals surface area contributed by atoms with Crippen LogP contribution in [-0.2, 0) is 13.2 Å². The lowest BCUT2D eigenvalue weighted by Crippen LogP contribution is -2.49. The number of piperazine rings is 1. The molecule has 0 spiro atoms. The molecule has 0 radical (unpaired) electrons. The first-order chi connectivity index (χ1) is 12.7. The van der Waals surface area contributed by atoms with E-state index < -0.39 is 11.7 Å². The molecule has 1 amide bonds. The number of nitrogens with zero attached hydrogens (tertiary/aromatic N) is 4. The number of halogens is 4. The fraction of sp³-hybridized carbons (Fsp3) is 0.353. The van der Waals surface area contributed by atoms with E-state index in [9.17, 15) is 22.8 Å². The van der Waals surface area contributed by atoms with Crippen molar-refractivity contribution in [3.8, 4) is 0 Å². The van der Waals surface area contributed by atoms with E-state index in [1.54, 1.807) is 18.1 Å². The third kappa shape index (κ3) is 4.00. The van der Waals surface area contributed by atoms with E-state index in [1.807, 2.05) is 4.90 Å². The van der Waals surface area contributed by atoms with Gasteiger partial charge >= 0.3 is 6.18 Å². The first kappa shape index (κ1) is 19.4. The van der Waals surface area contributed by atoms with Crippen molar-refractivity contribution in [1.82, 2.24) is 14.7 Å². The Hall–Kier alpha value is -2.36. The fourth-order valence-corrected chi connectivity index (χ4v) is 3.47. The van der Waals surface area contributed by atoms with Gasteiger partial charge in [-0.3, -0.25) is 9.59 Å². The molecule has 6 nitrogen and oxygen atoms in total. The minimum absolute atomic E-state index is 0.216. The van der Waals surface area contributed by atoms with Gasteiger partial charge in [0.05, 0.1) is 17.4 Å². The van der Waals surface area contributed by atoms with Crippen LogP contribution in [0, 0.1) is 0 Å². The Bertz CT molecular complexity index is 904. The molecule has 0 saturated carbocycles. The summed E-state index contributed by atoms with van der Waals surface area (Å²) in [5.41, 5.74) is -0.171. The third-order valence-electron chi connectivity index (χ3n) is 4.43. The molecule has 10 heteroatoms. The molecule has 2 heterocycles. The second-order valence-electron chi connectivity index (χ2n) is 6.13. The van der Waals surface area contributed by atoms with Crippen LogP contribution in [0.25, 0.3) is 0 Å². The Balaban J connectivity index is 1.68. The van der Waals surface area contributed by atoms with E-state index >= 15 is 0 Å². The lowest BCUT2D eigenvalue weighted by Gasteiger charge is -2.36. The Labute approximate surface area is 161 Å². The van der Waals surface area contributed by atoms with Crippen LogP contribution < -0.4 is 10.5 Å². The van der Waals surface area contributed by atoms with E-state index in [0.29, 0.717) is 36.3 Å². The summed E-state index contributed by atoms with van der Waals surface area (Å²) in [5, 5.41) is 4.00. The number of anilines is 1. The Morgan fingerprint density at radius 3 is 2.26 bits per heavy atom. The van der Waals surface area contributed by atoms with Gasteiger partial charge in [-0.05, 0) is 40.2 Å². The Morgan fingerprint density at radius 1 is 1.11 bits per heavy atom. The number of aromatic nitrogens is 2. The van der Waals surface area contributed by atoms with Crippen molar-refractivity contribution in [2.75, 3.05) is 31.1 Å². The third-order valence-corrected chi connectivity index (χ3v) is 5.17. The van der Waals surface area contributed by atoms with Crippen molar-refractivity contribution < 1.29 is 18.0 Å². The summed E-state index contributed by atoms with van der Waals surface area (Å²) in [4.78, 5) is 28.0. The van der Waals surface area contributed by atoms with Gasteiger partial charge in [0.15, 0.2) is 0 Å². The molecule has 27 heavy (non-hydrogen) atoms. The molecule has 144 valence electrons. The monoisotopic (exact) mass is 444 g/mol. The molecular formula is C17H16BrF3N4O2. The predicted octanol–water partition coefficient (Wildman–Crippen LogP) is 2.52. The maximum Gasteiger partial charge on any atom is 0.416 e. The van der Waals surface area contributed by atoms with Gasteiger partial charge < -0.3 is 9.80 Å². The van der Waals surface area contributed by atoms with Crippen molar-refractivity contribution in [3.63, 3.8) is 0 Å². The number of benzene rings is 1. The van der Waals surface area contributed by atoms with Gasteiger partial charge in [0.2, 0.25) is 0 Å². The number of rotatable bonds is 2. The van der Waals surface area contributed by atoms with Crippen LogP contribution in [0.4, 0.5) is 18.9 Å². The number of aryl methyl sites for hydroxylation is 1. The number of hydrogen-bond acceptors (Lipinski definition) is 4. The van der Waals surface area contributed by atoms with Gasteiger partial charge in [-0.2, -0.15) is 18.3 Å². The number of hydrogen-bond donors (Lipinski definition) is 0. The van der Waals surface area contributed by atoms with Crippen LogP contribution in [0.1, 0.15) is 15.9 Å². The maximum absolute atomic E-state index is 12.6. The van der Waals surface area contributed by atoms with Crippen molar-refractivity contribution in [2.24, 2.45) is 7.05 Å². The number of carbonyl (C=O) groups is 1. The average Bonchev–Trinajstić information content (AvgIpc) is 2.65. The predicted molar refractivity (Wildman–Crippen MR) is 96.7 cm³/mol. The molecular weight excluding hydrogens is 429 g/mol. The van der Waals surface area contributed by atoms with Crippen LogP contribution in [-0.4, -0.2) is 46.8 Å². The number of carbonyl (C=O) groups excluding carboxylic acids is 1. The molecule has 1 aliphatic rings. The van der Waals surface area contributed by atoms with Gasteiger partial charge in [0.1, 0.15) is 4.47 Å². The zero-order chi connectivity index (χ0) is 19.8. The Kier molecular flexibility index (Phi) is 5.27. The number of amides is 1. The largest absolute Gasteiger partial charge is 0.416 e. The van der Waals surface area contributed by atoms with Crippen LogP contribution >= 0.6 is 15.9 Å². The molecule has 1 aliphatic heterocycles. The molecule has 0 aliphatic carbocycles. The van der Waals surface area contributed by atoms with Crippen molar-refractivity contribution in [3.05, 3.63) is 56.4 Å². The molecule has 2 aromatic rings. The average molecular weight is 445 g/mol. The van der Waals surface area contributed by atoms with E-state index in [0.717, 1.165) is 12.1 Å². The van der Waals surface area contributed by atoms with Gasteiger partial charge in [-0.15, -0.1) is 0 Å². The second-order valence-corrected chi connectivity index (χ2v) is 6.92. The molecule has 1 fully saturated rings. The quantitative estimate of drug-likeness (QED) is 0.713.